The first-order valence-electron chi connectivity index (χ1n) is 4.97. The summed E-state index contributed by atoms with van der Waals surface area (Å²) in [5.41, 5.74) is 0.369. The van der Waals surface area contributed by atoms with Crippen molar-refractivity contribution in [3.63, 3.8) is 0 Å². The van der Waals surface area contributed by atoms with Crippen LogP contribution in [0.25, 0.3) is 0 Å². The van der Waals surface area contributed by atoms with Gasteiger partial charge < -0.3 is 15.5 Å². The largest absolute Gasteiger partial charge is 0.388 e. The molecule has 0 saturated heterocycles. The van der Waals surface area contributed by atoms with Gasteiger partial charge in [-0.25, -0.2) is 0 Å². The number of aliphatic hydroxyl groups is 2. The summed E-state index contributed by atoms with van der Waals surface area (Å²) >= 11 is 11.6. The van der Waals surface area contributed by atoms with Crippen LogP contribution in [0.2, 0.25) is 10.0 Å². The Kier molecular flexibility index (Phi) is 5.21. The lowest BCUT2D eigenvalue weighted by molar-refractivity contribution is -0.119. The second-order valence-electron chi connectivity index (χ2n) is 3.62. The first kappa shape index (κ1) is 14.3. The summed E-state index contributed by atoms with van der Waals surface area (Å²) in [5, 5.41) is 22.6. The first-order chi connectivity index (χ1) is 7.91. The third-order valence-corrected chi connectivity index (χ3v) is 2.77. The number of carbonyl (C=O) groups excluding carboxylic acids is 1. The maximum atomic E-state index is 10.7. The molecule has 1 amide bonds. The second-order valence-corrected chi connectivity index (χ2v) is 4.46. The zero-order valence-electron chi connectivity index (χ0n) is 9.15. The molecule has 0 aromatic heterocycles. The second kappa shape index (κ2) is 6.21. The van der Waals surface area contributed by atoms with Gasteiger partial charge in [0, 0.05) is 29.1 Å². The van der Waals surface area contributed by atoms with Crippen LogP contribution in [0.5, 0.6) is 0 Å². The summed E-state index contributed by atoms with van der Waals surface area (Å²) in [7, 11) is 0. The minimum absolute atomic E-state index is 0.0462. The van der Waals surface area contributed by atoms with Gasteiger partial charge in [0.05, 0.1) is 0 Å². The Hall–Kier alpha value is -0.810. The van der Waals surface area contributed by atoms with Crippen molar-refractivity contribution in [2.24, 2.45) is 0 Å². The van der Waals surface area contributed by atoms with E-state index in [1.165, 1.54) is 19.1 Å². The van der Waals surface area contributed by atoms with E-state index in [-0.39, 0.29) is 17.5 Å². The minimum Gasteiger partial charge on any atom is -0.388 e. The van der Waals surface area contributed by atoms with Gasteiger partial charge in [0.1, 0.15) is 12.2 Å². The van der Waals surface area contributed by atoms with E-state index in [9.17, 15) is 15.0 Å². The number of halogens is 2. The quantitative estimate of drug-likeness (QED) is 0.782. The third kappa shape index (κ3) is 4.16. The molecule has 1 rings (SSSR count). The first-order valence-corrected chi connectivity index (χ1v) is 5.73. The molecule has 0 radical (unpaired) electrons. The van der Waals surface area contributed by atoms with E-state index < -0.39 is 12.2 Å². The van der Waals surface area contributed by atoms with Crippen LogP contribution in [-0.4, -0.2) is 28.8 Å². The Balaban J connectivity index is 2.74. The molecule has 1 aromatic rings. The maximum Gasteiger partial charge on any atom is 0.216 e. The molecule has 6 heteroatoms. The fourth-order valence-electron chi connectivity index (χ4n) is 1.31. The van der Waals surface area contributed by atoms with E-state index in [0.29, 0.717) is 10.6 Å². The fourth-order valence-corrected chi connectivity index (χ4v) is 1.83. The average molecular weight is 278 g/mol. The highest BCUT2D eigenvalue weighted by Crippen LogP contribution is 2.27. The van der Waals surface area contributed by atoms with Crippen molar-refractivity contribution in [2.45, 2.75) is 19.1 Å². The van der Waals surface area contributed by atoms with Gasteiger partial charge in [0.25, 0.3) is 0 Å². The standard InChI is InChI=1S/C11H13Cl2NO3/c1-6(15)14-5-10(16)11(17)8-3-2-7(12)4-9(8)13/h2-4,10-11,16-17H,5H2,1H3,(H,14,15). The van der Waals surface area contributed by atoms with Crippen LogP contribution < -0.4 is 5.32 Å². The van der Waals surface area contributed by atoms with Crippen LogP contribution in [0.3, 0.4) is 0 Å². The number of aliphatic hydroxyl groups excluding tert-OH is 2. The predicted octanol–water partition coefficient (Wildman–Crippen LogP) is 1.52. The maximum absolute atomic E-state index is 10.7. The van der Waals surface area contributed by atoms with Crippen molar-refractivity contribution >= 4 is 29.1 Å². The highest BCUT2D eigenvalue weighted by Gasteiger charge is 2.20. The van der Waals surface area contributed by atoms with E-state index in [1.54, 1.807) is 6.07 Å². The van der Waals surface area contributed by atoms with Crippen molar-refractivity contribution in [2.75, 3.05) is 6.54 Å². The molecule has 94 valence electrons. The van der Waals surface area contributed by atoms with Gasteiger partial charge in [-0.3, -0.25) is 4.79 Å². The van der Waals surface area contributed by atoms with Crippen LogP contribution in [0.15, 0.2) is 18.2 Å². The van der Waals surface area contributed by atoms with Crippen molar-refractivity contribution < 1.29 is 15.0 Å². The molecule has 0 heterocycles. The molecule has 0 saturated carbocycles. The van der Waals surface area contributed by atoms with E-state index >= 15 is 0 Å². The number of rotatable bonds is 4. The summed E-state index contributed by atoms with van der Waals surface area (Å²) in [6.07, 6.45) is -2.30. The lowest BCUT2D eigenvalue weighted by Crippen LogP contribution is -2.34. The predicted molar refractivity (Wildman–Crippen MR) is 66.1 cm³/mol. The van der Waals surface area contributed by atoms with Gasteiger partial charge >= 0.3 is 0 Å². The molecule has 4 nitrogen and oxygen atoms in total. The van der Waals surface area contributed by atoms with E-state index in [4.69, 9.17) is 23.2 Å². The molecule has 3 N–H and O–H groups in total. The molecule has 0 fully saturated rings. The fraction of sp³-hybridized carbons (Fsp3) is 0.364. The molecule has 2 unspecified atom stereocenters. The number of carbonyl (C=O) groups is 1. The number of amides is 1. The highest BCUT2D eigenvalue weighted by atomic mass is 35.5. The molecule has 0 aliphatic carbocycles. The summed E-state index contributed by atoms with van der Waals surface area (Å²) in [4.78, 5) is 10.7. The lowest BCUT2D eigenvalue weighted by Gasteiger charge is -2.19. The van der Waals surface area contributed by atoms with Gasteiger partial charge in [0.15, 0.2) is 0 Å². The van der Waals surface area contributed by atoms with Gasteiger partial charge in [-0.15, -0.1) is 0 Å². The lowest BCUT2D eigenvalue weighted by atomic mass is 10.0. The highest BCUT2D eigenvalue weighted by molar-refractivity contribution is 6.35. The summed E-state index contributed by atoms with van der Waals surface area (Å²) < 4.78 is 0. The van der Waals surface area contributed by atoms with Crippen LogP contribution in [0.4, 0.5) is 0 Å². The van der Waals surface area contributed by atoms with Crippen LogP contribution in [0, 0.1) is 0 Å². The van der Waals surface area contributed by atoms with E-state index in [0.717, 1.165) is 0 Å². The summed E-state index contributed by atoms with van der Waals surface area (Å²) in [6, 6.07) is 4.58. The average Bonchev–Trinajstić information content (AvgIpc) is 2.25. The Morgan fingerprint density at radius 3 is 2.59 bits per heavy atom. The van der Waals surface area contributed by atoms with Crippen molar-refractivity contribution in [3.8, 4) is 0 Å². The zero-order chi connectivity index (χ0) is 13.0. The number of hydrogen-bond acceptors (Lipinski definition) is 3. The molecular weight excluding hydrogens is 265 g/mol. The number of nitrogens with one attached hydrogen (secondary N) is 1. The molecule has 0 spiro atoms. The Morgan fingerprint density at radius 2 is 2.06 bits per heavy atom. The minimum atomic E-state index is -1.17. The molecule has 2 atom stereocenters. The zero-order valence-corrected chi connectivity index (χ0v) is 10.7. The number of hydrogen-bond donors (Lipinski definition) is 3. The molecule has 17 heavy (non-hydrogen) atoms. The number of benzene rings is 1. The van der Waals surface area contributed by atoms with Crippen molar-refractivity contribution in [1.82, 2.24) is 5.32 Å². The SMILES string of the molecule is CC(=O)NCC(O)C(O)c1ccc(Cl)cc1Cl. The van der Waals surface area contributed by atoms with Gasteiger partial charge in [0.2, 0.25) is 5.91 Å². The third-order valence-electron chi connectivity index (χ3n) is 2.21. The monoisotopic (exact) mass is 277 g/mol. The summed E-state index contributed by atoms with van der Waals surface area (Å²) in [6.45, 7) is 1.28. The molecule has 0 aliphatic heterocycles. The smallest absolute Gasteiger partial charge is 0.216 e. The molecular formula is C11H13Cl2NO3. The van der Waals surface area contributed by atoms with Crippen LogP contribution >= 0.6 is 23.2 Å². The topological polar surface area (TPSA) is 69.6 Å². The van der Waals surface area contributed by atoms with Gasteiger partial charge in [-0.2, -0.15) is 0 Å². The van der Waals surface area contributed by atoms with Gasteiger partial charge in [-0.05, 0) is 12.1 Å². The molecule has 1 aromatic carbocycles. The summed E-state index contributed by atoms with van der Waals surface area (Å²) in [5.74, 6) is -0.279. The van der Waals surface area contributed by atoms with Crippen LogP contribution in [-0.2, 0) is 4.79 Å². The molecule has 0 bridgehead atoms. The van der Waals surface area contributed by atoms with Crippen molar-refractivity contribution in [3.05, 3.63) is 33.8 Å². The van der Waals surface area contributed by atoms with Gasteiger partial charge in [-0.1, -0.05) is 29.3 Å². The van der Waals surface area contributed by atoms with Crippen LogP contribution in [0.1, 0.15) is 18.6 Å². The molecule has 0 aliphatic rings. The van der Waals surface area contributed by atoms with E-state index in [1.807, 2.05) is 0 Å². The normalized spacial score (nSPS) is 14.2. The Morgan fingerprint density at radius 1 is 1.41 bits per heavy atom. The van der Waals surface area contributed by atoms with Crippen molar-refractivity contribution in [1.29, 1.82) is 0 Å². The van der Waals surface area contributed by atoms with E-state index in [2.05, 4.69) is 5.32 Å². The Bertz CT molecular complexity index is 412. The Labute approximate surface area is 109 Å².